The van der Waals surface area contributed by atoms with Crippen LogP contribution < -0.4 is 5.32 Å². The zero-order valence-corrected chi connectivity index (χ0v) is 9.30. The predicted octanol–water partition coefficient (Wildman–Crippen LogP) is 3.02. The van der Waals surface area contributed by atoms with Gasteiger partial charge in [0.25, 0.3) is 0 Å². The van der Waals surface area contributed by atoms with Gasteiger partial charge in [0.1, 0.15) is 0 Å². The van der Waals surface area contributed by atoms with E-state index in [1.165, 1.54) is 12.0 Å². The van der Waals surface area contributed by atoms with E-state index in [2.05, 4.69) is 44.3 Å². The molecule has 0 saturated carbocycles. The lowest BCUT2D eigenvalue weighted by Gasteiger charge is -2.27. The Hall–Kier alpha value is -0.820. The third kappa shape index (κ3) is 1.57. The van der Waals surface area contributed by atoms with Gasteiger partial charge in [0.05, 0.1) is 0 Å². The highest BCUT2D eigenvalue weighted by Crippen LogP contribution is 2.30. The monoisotopic (exact) mass is 189 g/mol. The lowest BCUT2D eigenvalue weighted by atomic mass is 9.86. The fraction of sp³-hybridized carbons (Fsp3) is 0.538. The van der Waals surface area contributed by atoms with E-state index in [1.54, 1.807) is 11.1 Å². The van der Waals surface area contributed by atoms with Crippen LogP contribution in [0.2, 0.25) is 0 Å². The number of rotatable bonds is 1. The third-order valence-corrected chi connectivity index (χ3v) is 3.13. The maximum absolute atomic E-state index is 3.53. The van der Waals surface area contributed by atoms with Gasteiger partial charge in [-0.05, 0) is 42.5 Å². The molecule has 1 heterocycles. The van der Waals surface area contributed by atoms with Crippen LogP contribution in [0.4, 0.5) is 0 Å². The molecule has 1 aliphatic heterocycles. The van der Waals surface area contributed by atoms with Gasteiger partial charge in [-0.25, -0.2) is 0 Å². The lowest BCUT2D eigenvalue weighted by molar-refractivity contribution is 0.533. The Bertz CT molecular complexity index is 328. The fourth-order valence-electron chi connectivity index (χ4n) is 2.41. The molecule has 1 heteroatoms. The largest absolute Gasteiger partial charge is 0.310 e. The Morgan fingerprint density at radius 2 is 2.14 bits per heavy atom. The minimum atomic E-state index is 0.525. The first-order chi connectivity index (χ1) is 6.70. The van der Waals surface area contributed by atoms with Gasteiger partial charge in [-0.1, -0.05) is 32.0 Å². The average Bonchev–Trinajstić information content (AvgIpc) is 2.17. The number of hydrogen-bond acceptors (Lipinski definition) is 1. The number of benzene rings is 1. The second-order valence-electron chi connectivity index (χ2n) is 4.50. The van der Waals surface area contributed by atoms with E-state index >= 15 is 0 Å². The van der Waals surface area contributed by atoms with E-state index < -0.39 is 0 Å². The van der Waals surface area contributed by atoms with Gasteiger partial charge in [-0.2, -0.15) is 0 Å². The van der Waals surface area contributed by atoms with Gasteiger partial charge < -0.3 is 5.32 Å². The molecule has 1 atom stereocenters. The maximum atomic E-state index is 3.53. The maximum Gasteiger partial charge on any atom is 0.0297 e. The summed E-state index contributed by atoms with van der Waals surface area (Å²) >= 11 is 0. The molecule has 0 saturated heterocycles. The Morgan fingerprint density at radius 1 is 1.36 bits per heavy atom. The van der Waals surface area contributed by atoms with Crippen LogP contribution in [0.25, 0.3) is 0 Å². The van der Waals surface area contributed by atoms with Crippen molar-refractivity contribution in [1.82, 2.24) is 5.32 Å². The van der Waals surface area contributed by atoms with Gasteiger partial charge in [0.2, 0.25) is 0 Å². The summed E-state index contributed by atoms with van der Waals surface area (Å²) in [4.78, 5) is 0. The van der Waals surface area contributed by atoms with Gasteiger partial charge in [-0.15, -0.1) is 0 Å². The summed E-state index contributed by atoms with van der Waals surface area (Å²) in [6.45, 7) is 7.94. The van der Waals surface area contributed by atoms with Crippen molar-refractivity contribution in [3.63, 3.8) is 0 Å². The predicted molar refractivity (Wildman–Crippen MR) is 60.7 cm³/mol. The van der Waals surface area contributed by atoms with E-state index in [1.807, 2.05) is 0 Å². The van der Waals surface area contributed by atoms with Crippen LogP contribution in [-0.2, 0) is 6.42 Å². The van der Waals surface area contributed by atoms with E-state index in [4.69, 9.17) is 0 Å². The molecule has 1 nitrogen and oxygen atoms in total. The molecule has 0 radical (unpaired) electrons. The molecule has 1 aliphatic rings. The first kappa shape index (κ1) is 9.72. The molecule has 0 bridgehead atoms. The highest BCUT2D eigenvalue weighted by atomic mass is 14.9. The Labute approximate surface area is 86.5 Å². The Kier molecular flexibility index (Phi) is 2.60. The Balaban J connectivity index is 2.52. The molecule has 1 aromatic carbocycles. The van der Waals surface area contributed by atoms with Gasteiger partial charge in [0.15, 0.2) is 0 Å². The summed E-state index contributed by atoms with van der Waals surface area (Å²) in [7, 11) is 0. The molecule has 1 aromatic rings. The average molecular weight is 189 g/mol. The van der Waals surface area contributed by atoms with Crippen LogP contribution in [0.15, 0.2) is 18.2 Å². The number of fused-ring (bicyclic) bond motifs is 1. The molecule has 2 rings (SSSR count). The SMILES string of the molecule is CC(C)c1cccc2c1[C@H](C)NCC2. The minimum absolute atomic E-state index is 0.525. The summed E-state index contributed by atoms with van der Waals surface area (Å²) in [6.07, 6.45) is 1.18. The van der Waals surface area contributed by atoms with Gasteiger partial charge >= 0.3 is 0 Å². The van der Waals surface area contributed by atoms with Crippen molar-refractivity contribution in [1.29, 1.82) is 0 Å². The lowest BCUT2D eigenvalue weighted by Crippen LogP contribution is -2.29. The van der Waals surface area contributed by atoms with Crippen LogP contribution >= 0.6 is 0 Å². The number of nitrogens with one attached hydrogen (secondary N) is 1. The van der Waals surface area contributed by atoms with E-state index in [9.17, 15) is 0 Å². The molecule has 1 N–H and O–H groups in total. The van der Waals surface area contributed by atoms with Crippen molar-refractivity contribution in [3.05, 3.63) is 34.9 Å². The van der Waals surface area contributed by atoms with Crippen LogP contribution in [0.5, 0.6) is 0 Å². The van der Waals surface area contributed by atoms with Crippen molar-refractivity contribution in [2.24, 2.45) is 0 Å². The zero-order chi connectivity index (χ0) is 10.1. The molecular formula is C13H19N. The number of hydrogen-bond donors (Lipinski definition) is 1. The normalized spacial score (nSPS) is 21.0. The second kappa shape index (κ2) is 3.74. The molecule has 0 amide bonds. The first-order valence-electron chi connectivity index (χ1n) is 5.55. The van der Waals surface area contributed by atoms with E-state index in [0.717, 1.165) is 6.54 Å². The summed E-state index contributed by atoms with van der Waals surface area (Å²) in [5.41, 5.74) is 4.61. The molecular weight excluding hydrogens is 170 g/mol. The molecule has 0 aliphatic carbocycles. The van der Waals surface area contributed by atoms with Crippen LogP contribution in [0.1, 0.15) is 49.4 Å². The van der Waals surface area contributed by atoms with Gasteiger partial charge in [0, 0.05) is 6.04 Å². The third-order valence-electron chi connectivity index (χ3n) is 3.13. The fourth-order valence-corrected chi connectivity index (χ4v) is 2.41. The van der Waals surface area contributed by atoms with Gasteiger partial charge in [-0.3, -0.25) is 0 Å². The van der Waals surface area contributed by atoms with Crippen molar-refractivity contribution >= 4 is 0 Å². The molecule has 0 unspecified atom stereocenters. The first-order valence-corrected chi connectivity index (χ1v) is 5.55. The van der Waals surface area contributed by atoms with Crippen molar-refractivity contribution < 1.29 is 0 Å². The quantitative estimate of drug-likeness (QED) is 0.716. The zero-order valence-electron chi connectivity index (χ0n) is 9.30. The van der Waals surface area contributed by atoms with Crippen molar-refractivity contribution in [2.45, 2.75) is 39.2 Å². The van der Waals surface area contributed by atoms with Crippen molar-refractivity contribution in [2.75, 3.05) is 6.54 Å². The smallest absolute Gasteiger partial charge is 0.0297 e. The summed E-state index contributed by atoms with van der Waals surface area (Å²) in [5, 5.41) is 3.53. The highest BCUT2D eigenvalue weighted by molar-refractivity contribution is 5.40. The van der Waals surface area contributed by atoms with Crippen molar-refractivity contribution in [3.8, 4) is 0 Å². The molecule has 0 fully saturated rings. The molecule has 0 spiro atoms. The highest BCUT2D eigenvalue weighted by Gasteiger charge is 2.19. The topological polar surface area (TPSA) is 12.0 Å². The summed E-state index contributed by atoms with van der Waals surface area (Å²) < 4.78 is 0. The second-order valence-corrected chi connectivity index (χ2v) is 4.50. The molecule has 0 aromatic heterocycles. The van der Waals surface area contributed by atoms with Crippen LogP contribution in [0, 0.1) is 0 Å². The summed E-state index contributed by atoms with van der Waals surface area (Å²) in [5.74, 6) is 0.632. The molecule has 14 heavy (non-hydrogen) atoms. The Morgan fingerprint density at radius 3 is 2.86 bits per heavy atom. The summed E-state index contributed by atoms with van der Waals surface area (Å²) in [6, 6.07) is 7.27. The minimum Gasteiger partial charge on any atom is -0.310 e. The standard InChI is InChI=1S/C13H19N/c1-9(2)12-6-4-5-11-7-8-14-10(3)13(11)12/h4-6,9-10,14H,7-8H2,1-3H3/t10-/m0/s1. The van der Waals surface area contributed by atoms with Crippen LogP contribution in [0.3, 0.4) is 0 Å². The van der Waals surface area contributed by atoms with Crippen LogP contribution in [-0.4, -0.2) is 6.54 Å². The van der Waals surface area contributed by atoms with E-state index in [0.29, 0.717) is 12.0 Å². The van der Waals surface area contributed by atoms with E-state index in [-0.39, 0.29) is 0 Å². The molecule has 76 valence electrons.